The minimum Gasteiger partial charge on any atom is -0.330 e. The predicted octanol–water partition coefficient (Wildman–Crippen LogP) is 0.195. The Morgan fingerprint density at radius 2 is 1.87 bits per heavy atom. The zero-order chi connectivity index (χ0) is 11.7. The molecule has 0 spiro atoms. The summed E-state index contributed by atoms with van der Waals surface area (Å²) >= 11 is 0. The maximum absolute atomic E-state index is 11.3. The third-order valence-corrected chi connectivity index (χ3v) is 3.38. The van der Waals surface area contributed by atoms with E-state index in [1.54, 1.807) is 6.92 Å². The topological polar surface area (TPSA) is 84.2 Å². The summed E-state index contributed by atoms with van der Waals surface area (Å²) < 4.78 is 27.5. The highest BCUT2D eigenvalue weighted by Crippen LogP contribution is 2.08. The zero-order valence-corrected chi connectivity index (χ0v) is 10.4. The van der Waals surface area contributed by atoms with E-state index in [-0.39, 0.29) is 0 Å². The summed E-state index contributed by atoms with van der Waals surface area (Å²) in [5.41, 5.74) is 5.46. The molecule has 0 bridgehead atoms. The van der Waals surface area contributed by atoms with Crippen molar-refractivity contribution < 1.29 is 8.42 Å². The van der Waals surface area contributed by atoms with Gasteiger partial charge in [-0.15, -0.1) is 0 Å². The summed E-state index contributed by atoms with van der Waals surface area (Å²) in [6.45, 7) is 5.32. The van der Waals surface area contributed by atoms with E-state index < -0.39 is 10.2 Å². The fourth-order valence-corrected chi connectivity index (χ4v) is 2.40. The SMILES string of the molecule is CCCC(CCN)CNS(=O)(=O)NCC. The van der Waals surface area contributed by atoms with Gasteiger partial charge in [0, 0.05) is 13.1 Å². The van der Waals surface area contributed by atoms with Crippen molar-refractivity contribution in [1.29, 1.82) is 0 Å². The van der Waals surface area contributed by atoms with Crippen molar-refractivity contribution in [2.45, 2.75) is 33.1 Å². The molecule has 0 heterocycles. The molecule has 6 heteroatoms. The van der Waals surface area contributed by atoms with Gasteiger partial charge in [-0.25, -0.2) is 9.44 Å². The van der Waals surface area contributed by atoms with E-state index in [1.165, 1.54) is 0 Å². The summed E-state index contributed by atoms with van der Waals surface area (Å²) in [6.07, 6.45) is 2.92. The van der Waals surface area contributed by atoms with Crippen molar-refractivity contribution in [3.8, 4) is 0 Å². The van der Waals surface area contributed by atoms with Gasteiger partial charge in [-0.1, -0.05) is 20.3 Å². The van der Waals surface area contributed by atoms with Gasteiger partial charge >= 0.3 is 0 Å². The normalized spacial score (nSPS) is 14.1. The first-order chi connectivity index (χ1) is 7.05. The average molecular weight is 237 g/mol. The third kappa shape index (κ3) is 7.72. The van der Waals surface area contributed by atoms with Crippen LogP contribution in [0.1, 0.15) is 33.1 Å². The molecule has 0 aromatic rings. The summed E-state index contributed by atoms with van der Waals surface area (Å²) in [7, 11) is -3.30. The quantitative estimate of drug-likeness (QED) is 0.535. The molecule has 15 heavy (non-hydrogen) atoms. The van der Waals surface area contributed by atoms with Crippen LogP contribution in [0.5, 0.6) is 0 Å². The van der Waals surface area contributed by atoms with E-state index >= 15 is 0 Å². The van der Waals surface area contributed by atoms with Crippen molar-refractivity contribution in [3.05, 3.63) is 0 Å². The molecule has 1 atom stereocenters. The van der Waals surface area contributed by atoms with Crippen LogP contribution < -0.4 is 15.2 Å². The predicted molar refractivity (Wildman–Crippen MR) is 62.7 cm³/mol. The van der Waals surface area contributed by atoms with Gasteiger partial charge in [-0.05, 0) is 25.3 Å². The number of rotatable bonds is 9. The first-order valence-corrected chi connectivity index (χ1v) is 6.98. The monoisotopic (exact) mass is 237 g/mol. The summed E-state index contributed by atoms with van der Waals surface area (Å²) in [6, 6.07) is 0. The molecular formula is C9H23N3O2S. The Labute approximate surface area is 93.0 Å². The lowest BCUT2D eigenvalue weighted by molar-refractivity contribution is 0.442. The third-order valence-electron chi connectivity index (χ3n) is 2.17. The van der Waals surface area contributed by atoms with Crippen molar-refractivity contribution in [1.82, 2.24) is 9.44 Å². The Morgan fingerprint density at radius 1 is 1.20 bits per heavy atom. The van der Waals surface area contributed by atoms with E-state index in [4.69, 9.17) is 5.73 Å². The molecule has 0 rings (SSSR count). The molecule has 92 valence electrons. The van der Waals surface area contributed by atoms with Crippen molar-refractivity contribution in [2.75, 3.05) is 19.6 Å². The lowest BCUT2D eigenvalue weighted by Crippen LogP contribution is -2.39. The number of hydrogen-bond acceptors (Lipinski definition) is 3. The van der Waals surface area contributed by atoms with Crippen LogP contribution in [0.15, 0.2) is 0 Å². The van der Waals surface area contributed by atoms with Gasteiger partial charge < -0.3 is 5.73 Å². The molecule has 0 aromatic carbocycles. The van der Waals surface area contributed by atoms with Crippen LogP contribution in [0, 0.1) is 5.92 Å². The van der Waals surface area contributed by atoms with Crippen LogP contribution >= 0.6 is 0 Å². The second kappa shape index (κ2) is 8.04. The van der Waals surface area contributed by atoms with Gasteiger partial charge in [-0.3, -0.25) is 0 Å². The van der Waals surface area contributed by atoms with E-state index in [0.717, 1.165) is 19.3 Å². The van der Waals surface area contributed by atoms with Crippen LogP contribution in [-0.2, 0) is 10.2 Å². The smallest absolute Gasteiger partial charge is 0.276 e. The minimum atomic E-state index is -3.30. The Morgan fingerprint density at radius 3 is 2.33 bits per heavy atom. The van der Waals surface area contributed by atoms with Crippen LogP contribution in [0.4, 0.5) is 0 Å². The summed E-state index contributed by atoms with van der Waals surface area (Å²) in [5, 5.41) is 0. The maximum Gasteiger partial charge on any atom is 0.276 e. The molecule has 0 aliphatic carbocycles. The molecular weight excluding hydrogens is 214 g/mol. The Hall–Kier alpha value is -0.170. The first-order valence-electron chi connectivity index (χ1n) is 5.50. The van der Waals surface area contributed by atoms with Gasteiger partial charge in [0.1, 0.15) is 0 Å². The van der Waals surface area contributed by atoms with E-state index in [2.05, 4.69) is 16.4 Å². The molecule has 0 saturated heterocycles. The molecule has 4 N–H and O–H groups in total. The lowest BCUT2D eigenvalue weighted by Gasteiger charge is -2.15. The highest BCUT2D eigenvalue weighted by atomic mass is 32.2. The van der Waals surface area contributed by atoms with Gasteiger partial charge in [0.2, 0.25) is 0 Å². The van der Waals surface area contributed by atoms with E-state index in [0.29, 0.717) is 25.6 Å². The zero-order valence-electron chi connectivity index (χ0n) is 9.62. The molecule has 5 nitrogen and oxygen atoms in total. The van der Waals surface area contributed by atoms with Crippen molar-refractivity contribution >= 4 is 10.2 Å². The highest BCUT2D eigenvalue weighted by molar-refractivity contribution is 7.87. The molecule has 0 aromatic heterocycles. The number of nitrogens with one attached hydrogen (secondary N) is 2. The van der Waals surface area contributed by atoms with Crippen LogP contribution in [-0.4, -0.2) is 28.1 Å². The van der Waals surface area contributed by atoms with Crippen LogP contribution in [0.2, 0.25) is 0 Å². The summed E-state index contributed by atoms with van der Waals surface area (Å²) in [5.74, 6) is 0.341. The fourth-order valence-electron chi connectivity index (χ4n) is 1.46. The second-order valence-electron chi connectivity index (χ2n) is 3.58. The Balaban J connectivity index is 3.97. The largest absolute Gasteiger partial charge is 0.330 e. The molecule has 0 radical (unpaired) electrons. The standard InChI is InChI=1S/C9H23N3O2S/c1-3-5-9(6-7-10)8-12-15(13,14)11-4-2/h9,11-12H,3-8,10H2,1-2H3. The molecule has 0 fully saturated rings. The number of nitrogens with two attached hydrogens (primary N) is 1. The summed E-state index contributed by atoms with van der Waals surface area (Å²) in [4.78, 5) is 0. The van der Waals surface area contributed by atoms with Crippen molar-refractivity contribution in [3.63, 3.8) is 0 Å². The van der Waals surface area contributed by atoms with Crippen LogP contribution in [0.3, 0.4) is 0 Å². The van der Waals surface area contributed by atoms with E-state index in [1.807, 2.05) is 0 Å². The van der Waals surface area contributed by atoms with Gasteiger partial charge in [0.25, 0.3) is 10.2 Å². The Bertz CT molecular complexity index is 236. The molecule has 0 saturated carbocycles. The molecule has 0 aliphatic rings. The van der Waals surface area contributed by atoms with Gasteiger partial charge in [-0.2, -0.15) is 8.42 Å². The van der Waals surface area contributed by atoms with Crippen molar-refractivity contribution in [2.24, 2.45) is 11.7 Å². The van der Waals surface area contributed by atoms with Gasteiger partial charge in [0.05, 0.1) is 0 Å². The van der Waals surface area contributed by atoms with Gasteiger partial charge in [0.15, 0.2) is 0 Å². The maximum atomic E-state index is 11.3. The van der Waals surface area contributed by atoms with Crippen LogP contribution in [0.25, 0.3) is 0 Å². The second-order valence-corrected chi connectivity index (χ2v) is 5.17. The molecule has 0 amide bonds. The minimum absolute atomic E-state index is 0.341. The molecule has 0 aliphatic heterocycles. The Kier molecular flexibility index (Phi) is 7.95. The van der Waals surface area contributed by atoms with E-state index in [9.17, 15) is 8.42 Å². The lowest BCUT2D eigenvalue weighted by atomic mass is 10.0. The fraction of sp³-hybridized carbons (Fsp3) is 1.00. The molecule has 1 unspecified atom stereocenters. The first kappa shape index (κ1) is 14.8. The average Bonchev–Trinajstić information content (AvgIpc) is 2.15. The number of hydrogen-bond donors (Lipinski definition) is 3. The highest BCUT2D eigenvalue weighted by Gasteiger charge is 2.12.